The third kappa shape index (κ3) is 8.07. The van der Waals surface area contributed by atoms with E-state index in [1.165, 1.54) is 48.4 Å². The Morgan fingerprint density at radius 2 is 1.54 bits per heavy atom. The lowest BCUT2D eigenvalue weighted by Gasteiger charge is -2.33. The maximum absolute atomic E-state index is 14.0. The molecule has 0 saturated heterocycles. The average molecular weight is 584 g/mol. The molecule has 3 rings (SSSR count). The van der Waals surface area contributed by atoms with Gasteiger partial charge in [0, 0.05) is 12.6 Å². The summed E-state index contributed by atoms with van der Waals surface area (Å²) in [6, 6.07) is 17.3. The van der Waals surface area contributed by atoms with E-state index in [1.54, 1.807) is 0 Å². The molecule has 1 N–H and O–H groups in total. The molecule has 8 nitrogen and oxygen atoms in total. The predicted octanol–water partition coefficient (Wildman–Crippen LogP) is 5.06. The summed E-state index contributed by atoms with van der Waals surface area (Å²) in [5, 5.41) is 2.95. The Labute approximate surface area is 242 Å². The summed E-state index contributed by atoms with van der Waals surface area (Å²) < 4.78 is 47.6. The standard InChI is InChI=1S/C31H38FN3O5S/c1-6-23(4)33-31(37)29(7-2)34(20-24-10-8-22(3)9-11-24)30(36)21-35(26-14-12-25(32)13-15-26)41(38,39)28-18-16-27(40-5)17-19-28/h8-19,23,29H,6-7,20-21H2,1-5H3,(H,33,37)/t23-,29+/m0/s1. The molecule has 3 aromatic carbocycles. The van der Waals surface area contributed by atoms with E-state index in [4.69, 9.17) is 4.74 Å². The van der Waals surface area contributed by atoms with Crippen LogP contribution < -0.4 is 14.4 Å². The minimum absolute atomic E-state index is 0.0675. The molecule has 0 bridgehead atoms. The second kappa shape index (κ2) is 14.1. The Morgan fingerprint density at radius 3 is 2.07 bits per heavy atom. The minimum Gasteiger partial charge on any atom is -0.497 e. The Balaban J connectivity index is 2.05. The third-order valence-corrected chi connectivity index (χ3v) is 8.69. The van der Waals surface area contributed by atoms with Crippen molar-refractivity contribution in [2.45, 2.75) is 64.1 Å². The van der Waals surface area contributed by atoms with Crippen LogP contribution in [0.3, 0.4) is 0 Å². The van der Waals surface area contributed by atoms with Gasteiger partial charge >= 0.3 is 0 Å². The van der Waals surface area contributed by atoms with Gasteiger partial charge in [0.1, 0.15) is 24.2 Å². The van der Waals surface area contributed by atoms with E-state index in [9.17, 15) is 22.4 Å². The number of hydrogen-bond acceptors (Lipinski definition) is 5. The highest BCUT2D eigenvalue weighted by atomic mass is 32.2. The molecule has 0 aromatic heterocycles. The van der Waals surface area contributed by atoms with E-state index in [1.807, 2.05) is 52.0 Å². The van der Waals surface area contributed by atoms with Crippen LogP contribution in [0.1, 0.15) is 44.7 Å². The first-order valence-corrected chi connectivity index (χ1v) is 15.0. The highest BCUT2D eigenvalue weighted by Crippen LogP contribution is 2.26. The monoisotopic (exact) mass is 583 g/mol. The lowest BCUT2D eigenvalue weighted by molar-refractivity contribution is -0.140. The minimum atomic E-state index is -4.27. The molecule has 2 amide bonds. The second-order valence-corrected chi connectivity index (χ2v) is 11.8. The fourth-order valence-corrected chi connectivity index (χ4v) is 5.68. The van der Waals surface area contributed by atoms with Gasteiger partial charge in [-0.2, -0.15) is 0 Å². The highest BCUT2D eigenvalue weighted by Gasteiger charge is 2.34. The van der Waals surface area contributed by atoms with Crippen LogP contribution in [-0.2, 0) is 26.2 Å². The molecule has 41 heavy (non-hydrogen) atoms. The zero-order chi connectivity index (χ0) is 30.2. The van der Waals surface area contributed by atoms with Crippen LogP contribution in [0.15, 0.2) is 77.7 Å². The molecule has 2 atom stereocenters. The van der Waals surface area contributed by atoms with E-state index in [2.05, 4.69) is 5.32 Å². The van der Waals surface area contributed by atoms with Gasteiger partial charge in [0.2, 0.25) is 11.8 Å². The van der Waals surface area contributed by atoms with Crippen molar-refractivity contribution in [3.8, 4) is 5.75 Å². The molecule has 0 fully saturated rings. The van der Waals surface area contributed by atoms with Crippen LogP contribution in [0.5, 0.6) is 5.75 Å². The van der Waals surface area contributed by atoms with E-state index in [0.717, 1.165) is 27.6 Å². The summed E-state index contributed by atoms with van der Waals surface area (Å²) in [6.07, 6.45) is 1.04. The second-order valence-electron chi connectivity index (χ2n) is 9.91. The topological polar surface area (TPSA) is 96.0 Å². The molecule has 0 saturated carbocycles. The summed E-state index contributed by atoms with van der Waals surface area (Å²) in [4.78, 5) is 28.7. The number of sulfonamides is 1. The highest BCUT2D eigenvalue weighted by molar-refractivity contribution is 7.92. The molecule has 0 radical (unpaired) electrons. The molecular weight excluding hydrogens is 545 g/mol. The van der Waals surface area contributed by atoms with Crippen molar-refractivity contribution in [1.82, 2.24) is 10.2 Å². The number of carbonyl (C=O) groups is 2. The van der Waals surface area contributed by atoms with Crippen molar-refractivity contribution >= 4 is 27.5 Å². The van der Waals surface area contributed by atoms with Gasteiger partial charge in [-0.05, 0) is 80.8 Å². The number of benzene rings is 3. The fourth-order valence-electron chi connectivity index (χ4n) is 4.26. The van der Waals surface area contributed by atoms with Crippen LogP contribution in [-0.4, -0.2) is 50.9 Å². The molecule has 0 aliphatic heterocycles. The zero-order valence-electron chi connectivity index (χ0n) is 24.1. The number of hydrogen-bond donors (Lipinski definition) is 1. The third-order valence-electron chi connectivity index (χ3n) is 6.90. The van der Waals surface area contributed by atoms with Gasteiger partial charge in [-0.15, -0.1) is 0 Å². The number of anilines is 1. The van der Waals surface area contributed by atoms with E-state index in [-0.39, 0.29) is 29.1 Å². The van der Waals surface area contributed by atoms with E-state index in [0.29, 0.717) is 18.6 Å². The first kappa shape index (κ1) is 31.6. The van der Waals surface area contributed by atoms with Crippen LogP contribution in [0.4, 0.5) is 10.1 Å². The Morgan fingerprint density at radius 1 is 0.927 bits per heavy atom. The number of nitrogens with one attached hydrogen (secondary N) is 1. The number of nitrogens with zero attached hydrogens (tertiary/aromatic N) is 2. The lowest BCUT2D eigenvalue weighted by atomic mass is 10.1. The number of carbonyl (C=O) groups excluding carboxylic acids is 2. The first-order chi connectivity index (χ1) is 19.5. The van der Waals surface area contributed by atoms with Crippen LogP contribution in [0.25, 0.3) is 0 Å². The molecule has 0 aliphatic carbocycles. The van der Waals surface area contributed by atoms with Crippen LogP contribution in [0, 0.1) is 12.7 Å². The van der Waals surface area contributed by atoms with Crippen molar-refractivity contribution < 1.29 is 27.1 Å². The molecule has 3 aromatic rings. The molecule has 220 valence electrons. The van der Waals surface area contributed by atoms with Crippen LogP contribution >= 0.6 is 0 Å². The molecule has 0 unspecified atom stereocenters. The lowest BCUT2D eigenvalue weighted by Crippen LogP contribution is -2.53. The Kier molecular flexibility index (Phi) is 10.9. The number of ether oxygens (including phenoxy) is 1. The normalized spacial score (nSPS) is 12.7. The molecule has 0 aliphatic rings. The zero-order valence-corrected chi connectivity index (χ0v) is 24.9. The van der Waals surface area contributed by atoms with Crippen molar-refractivity contribution in [1.29, 1.82) is 0 Å². The predicted molar refractivity (Wildman–Crippen MR) is 158 cm³/mol. The number of amides is 2. The number of rotatable bonds is 13. The van der Waals surface area contributed by atoms with Gasteiger partial charge < -0.3 is 15.0 Å². The molecular formula is C31H38FN3O5S. The summed E-state index contributed by atoms with van der Waals surface area (Å²) in [5.74, 6) is -0.960. The van der Waals surface area contributed by atoms with Gasteiger partial charge in [0.05, 0.1) is 17.7 Å². The fraction of sp³-hybridized carbons (Fsp3) is 0.355. The van der Waals surface area contributed by atoms with Crippen LogP contribution in [0.2, 0.25) is 0 Å². The average Bonchev–Trinajstić information content (AvgIpc) is 2.97. The molecule has 0 heterocycles. The van der Waals surface area contributed by atoms with Gasteiger partial charge in [-0.1, -0.05) is 43.7 Å². The van der Waals surface area contributed by atoms with Gasteiger partial charge in [0.25, 0.3) is 10.0 Å². The SMILES string of the molecule is CC[C@H](C(=O)N[C@@H](C)CC)N(Cc1ccc(C)cc1)C(=O)CN(c1ccc(F)cc1)S(=O)(=O)c1ccc(OC)cc1. The summed E-state index contributed by atoms with van der Waals surface area (Å²) in [6.45, 7) is 7.10. The number of methoxy groups -OCH3 is 1. The Hall–Kier alpha value is -3.92. The first-order valence-electron chi connectivity index (χ1n) is 13.6. The van der Waals surface area contributed by atoms with Crippen molar-refractivity contribution in [3.05, 3.63) is 89.7 Å². The smallest absolute Gasteiger partial charge is 0.264 e. The molecule has 10 heteroatoms. The van der Waals surface area contributed by atoms with Gasteiger partial charge in [-0.25, -0.2) is 12.8 Å². The maximum Gasteiger partial charge on any atom is 0.264 e. The largest absolute Gasteiger partial charge is 0.497 e. The quantitative estimate of drug-likeness (QED) is 0.304. The number of halogens is 1. The van der Waals surface area contributed by atoms with E-state index >= 15 is 0 Å². The summed E-state index contributed by atoms with van der Waals surface area (Å²) in [7, 11) is -2.80. The maximum atomic E-state index is 14.0. The van der Waals surface area contributed by atoms with Crippen molar-refractivity contribution in [2.75, 3.05) is 18.0 Å². The Bertz CT molecular complexity index is 1410. The van der Waals surface area contributed by atoms with E-state index < -0.39 is 34.3 Å². The van der Waals surface area contributed by atoms with Crippen molar-refractivity contribution in [2.24, 2.45) is 0 Å². The van der Waals surface area contributed by atoms with Gasteiger partial charge in [0.15, 0.2) is 0 Å². The van der Waals surface area contributed by atoms with Crippen molar-refractivity contribution in [3.63, 3.8) is 0 Å². The summed E-state index contributed by atoms with van der Waals surface area (Å²) >= 11 is 0. The van der Waals surface area contributed by atoms with Gasteiger partial charge in [-0.3, -0.25) is 13.9 Å². The molecule has 0 spiro atoms. The summed E-state index contributed by atoms with van der Waals surface area (Å²) in [5.41, 5.74) is 1.95. The number of aryl methyl sites for hydroxylation is 1.